The Hall–Kier alpha value is -1.06. The third-order valence-corrected chi connectivity index (χ3v) is 4.25. The number of nitrogens with zero attached hydrogens (tertiary/aromatic N) is 1. The van der Waals surface area contributed by atoms with Crippen LogP contribution in [0.1, 0.15) is 32.6 Å². The van der Waals surface area contributed by atoms with Crippen molar-refractivity contribution in [2.24, 2.45) is 0 Å². The first-order chi connectivity index (χ1) is 9.74. The number of hydrogen-bond donors (Lipinski definition) is 1. The van der Waals surface area contributed by atoms with Gasteiger partial charge in [-0.2, -0.15) is 0 Å². The molecule has 2 rings (SSSR count). The minimum absolute atomic E-state index is 0.375. The molecule has 1 aliphatic heterocycles. The highest BCUT2D eigenvalue weighted by Gasteiger charge is 2.31. The number of hydrogen-bond acceptors (Lipinski definition) is 2. The van der Waals surface area contributed by atoms with E-state index in [1.165, 1.54) is 45.3 Å². The van der Waals surface area contributed by atoms with Gasteiger partial charge in [-0.25, -0.2) is 0 Å². The second kappa shape index (κ2) is 7.65. The maximum absolute atomic E-state index is 10.3. The fraction of sp³-hybridized carbons (Fsp3) is 0.647. The normalized spacial score (nSPS) is 19.5. The summed E-state index contributed by atoms with van der Waals surface area (Å²) in [6.45, 7) is 7.09. The van der Waals surface area contributed by atoms with Crippen molar-refractivity contribution in [1.82, 2.24) is 0 Å². The van der Waals surface area contributed by atoms with Crippen LogP contribution in [0.5, 0.6) is 5.75 Å². The largest absolute Gasteiger partial charge is 0.491 e. The van der Waals surface area contributed by atoms with Crippen LogP contribution in [0.2, 0.25) is 0 Å². The van der Waals surface area contributed by atoms with Crippen molar-refractivity contribution in [3.63, 3.8) is 0 Å². The van der Waals surface area contributed by atoms with Crippen molar-refractivity contribution < 1.29 is 14.3 Å². The van der Waals surface area contributed by atoms with Crippen molar-refractivity contribution in [1.29, 1.82) is 0 Å². The van der Waals surface area contributed by atoms with E-state index in [1.807, 2.05) is 30.3 Å². The van der Waals surface area contributed by atoms with E-state index in [0.29, 0.717) is 6.61 Å². The number of piperidine rings is 1. The zero-order valence-corrected chi connectivity index (χ0v) is 12.6. The van der Waals surface area contributed by atoms with Gasteiger partial charge in [0.25, 0.3) is 0 Å². The Kier molecular flexibility index (Phi) is 5.86. The summed E-state index contributed by atoms with van der Waals surface area (Å²) in [5.41, 5.74) is 0. The maximum atomic E-state index is 10.3. The van der Waals surface area contributed by atoms with E-state index in [-0.39, 0.29) is 6.10 Å². The molecule has 0 spiro atoms. The molecular formula is C17H28NO2+. The van der Waals surface area contributed by atoms with Crippen LogP contribution in [-0.4, -0.2) is 48.5 Å². The molecular weight excluding hydrogens is 250 g/mol. The molecule has 0 aliphatic carbocycles. The number of ether oxygens (including phenoxy) is 1. The lowest BCUT2D eigenvalue weighted by atomic mass is 10.1. The Morgan fingerprint density at radius 2 is 1.85 bits per heavy atom. The van der Waals surface area contributed by atoms with Gasteiger partial charge in [-0.15, -0.1) is 0 Å². The van der Waals surface area contributed by atoms with Crippen LogP contribution in [0, 0.1) is 0 Å². The van der Waals surface area contributed by atoms with Gasteiger partial charge in [0.05, 0.1) is 19.6 Å². The van der Waals surface area contributed by atoms with Crippen LogP contribution in [0.4, 0.5) is 0 Å². The number of rotatable bonds is 7. The number of aliphatic hydroxyl groups is 1. The Bertz CT molecular complexity index is 368. The summed E-state index contributed by atoms with van der Waals surface area (Å²) in [5.74, 6) is 0.840. The molecule has 0 bridgehead atoms. The molecule has 20 heavy (non-hydrogen) atoms. The summed E-state index contributed by atoms with van der Waals surface area (Å²) in [6, 6.07) is 9.75. The van der Waals surface area contributed by atoms with Gasteiger partial charge < -0.3 is 14.3 Å². The standard InChI is InChI=1S/C17H28NO2/c1-2-11-18(12-7-4-8-13-18)14-16(19)15-20-17-9-5-3-6-10-17/h3,5-6,9-10,16,19H,2,4,7-8,11-15H2,1H3/q+1. The molecule has 1 aliphatic rings. The van der Waals surface area contributed by atoms with Crippen molar-refractivity contribution >= 4 is 0 Å². The topological polar surface area (TPSA) is 29.5 Å². The molecule has 112 valence electrons. The van der Waals surface area contributed by atoms with Crippen molar-refractivity contribution in [3.8, 4) is 5.75 Å². The number of para-hydroxylation sites is 1. The highest BCUT2D eigenvalue weighted by atomic mass is 16.5. The quantitative estimate of drug-likeness (QED) is 0.777. The summed E-state index contributed by atoms with van der Waals surface area (Å²) in [7, 11) is 0. The van der Waals surface area contributed by atoms with Crippen molar-refractivity contribution in [2.45, 2.75) is 38.7 Å². The second-order valence-corrected chi connectivity index (χ2v) is 6.03. The van der Waals surface area contributed by atoms with Gasteiger partial charge in [-0.05, 0) is 37.8 Å². The smallest absolute Gasteiger partial charge is 0.137 e. The number of likely N-dealkylation sites (tertiary alicyclic amines) is 1. The van der Waals surface area contributed by atoms with Crippen molar-refractivity contribution in [3.05, 3.63) is 30.3 Å². The minimum atomic E-state index is -0.375. The summed E-state index contributed by atoms with van der Waals surface area (Å²) in [4.78, 5) is 0. The van der Waals surface area contributed by atoms with Crippen LogP contribution in [0.3, 0.4) is 0 Å². The van der Waals surface area contributed by atoms with Gasteiger partial charge in [0.2, 0.25) is 0 Å². The lowest BCUT2D eigenvalue weighted by Crippen LogP contribution is -2.56. The van der Waals surface area contributed by atoms with Gasteiger partial charge in [-0.1, -0.05) is 25.1 Å². The molecule has 0 radical (unpaired) electrons. The monoisotopic (exact) mass is 278 g/mol. The first-order valence-electron chi connectivity index (χ1n) is 7.95. The number of benzene rings is 1. The minimum Gasteiger partial charge on any atom is -0.491 e. The lowest BCUT2D eigenvalue weighted by molar-refractivity contribution is -0.935. The Morgan fingerprint density at radius 3 is 2.50 bits per heavy atom. The lowest BCUT2D eigenvalue weighted by Gasteiger charge is -2.42. The van der Waals surface area contributed by atoms with Gasteiger partial charge >= 0.3 is 0 Å². The van der Waals surface area contributed by atoms with E-state index in [1.54, 1.807) is 0 Å². The summed E-state index contributed by atoms with van der Waals surface area (Å²) in [5, 5.41) is 10.3. The number of aliphatic hydroxyl groups excluding tert-OH is 1. The summed E-state index contributed by atoms with van der Waals surface area (Å²) in [6.07, 6.45) is 4.75. The fourth-order valence-corrected chi connectivity index (χ4v) is 3.36. The van der Waals surface area contributed by atoms with Crippen LogP contribution in [0.25, 0.3) is 0 Å². The molecule has 1 saturated heterocycles. The van der Waals surface area contributed by atoms with E-state index in [9.17, 15) is 5.11 Å². The molecule has 3 heteroatoms. The van der Waals surface area contributed by atoms with Gasteiger partial charge in [-0.3, -0.25) is 0 Å². The molecule has 1 fully saturated rings. The second-order valence-electron chi connectivity index (χ2n) is 6.03. The molecule has 1 aromatic rings. The van der Waals surface area contributed by atoms with Crippen LogP contribution >= 0.6 is 0 Å². The zero-order chi connectivity index (χ0) is 14.3. The maximum Gasteiger partial charge on any atom is 0.137 e. The molecule has 1 heterocycles. The molecule has 0 aromatic heterocycles. The average Bonchev–Trinajstić information content (AvgIpc) is 2.47. The molecule has 1 N–H and O–H groups in total. The van der Waals surface area contributed by atoms with Crippen LogP contribution in [-0.2, 0) is 0 Å². The van der Waals surface area contributed by atoms with E-state index in [4.69, 9.17) is 4.74 Å². The van der Waals surface area contributed by atoms with Gasteiger partial charge in [0, 0.05) is 0 Å². The Morgan fingerprint density at radius 1 is 1.15 bits per heavy atom. The first kappa shape index (κ1) is 15.3. The average molecular weight is 278 g/mol. The Labute approximate surface area is 122 Å². The van der Waals surface area contributed by atoms with Gasteiger partial charge in [0.1, 0.15) is 25.0 Å². The van der Waals surface area contributed by atoms with Crippen LogP contribution in [0.15, 0.2) is 30.3 Å². The Balaban J connectivity index is 1.83. The molecule has 1 aromatic carbocycles. The molecule has 3 nitrogen and oxygen atoms in total. The fourth-order valence-electron chi connectivity index (χ4n) is 3.36. The highest BCUT2D eigenvalue weighted by Crippen LogP contribution is 2.20. The molecule has 0 amide bonds. The third kappa shape index (κ3) is 4.50. The van der Waals surface area contributed by atoms with Crippen molar-refractivity contribution in [2.75, 3.05) is 32.8 Å². The van der Waals surface area contributed by atoms with E-state index < -0.39 is 0 Å². The predicted molar refractivity (Wildman–Crippen MR) is 81.8 cm³/mol. The molecule has 1 atom stereocenters. The van der Waals surface area contributed by atoms with Gasteiger partial charge in [0.15, 0.2) is 0 Å². The summed E-state index contributed by atoms with van der Waals surface area (Å²) < 4.78 is 6.75. The number of quaternary nitrogens is 1. The summed E-state index contributed by atoms with van der Waals surface area (Å²) >= 11 is 0. The predicted octanol–water partition coefficient (Wildman–Crippen LogP) is 2.84. The third-order valence-electron chi connectivity index (χ3n) is 4.25. The molecule has 1 unspecified atom stereocenters. The van der Waals surface area contributed by atoms with E-state index in [0.717, 1.165) is 16.8 Å². The zero-order valence-electron chi connectivity index (χ0n) is 12.6. The SMILES string of the molecule is CCC[N+]1(CC(O)COc2ccccc2)CCCCC1. The van der Waals surface area contributed by atoms with Crippen LogP contribution < -0.4 is 4.74 Å². The van der Waals surface area contributed by atoms with E-state index in [2.05, 4.69) is 6.92 Å². The first-order valence-corrected chi connectivity index (χ1v) is 7.95. The van der Waals surface area contributed by atoms with E-state index >= 15 is 0 Å². The highest BCUT2D eigenvalue weighted by molar-refractivity contribution is 5.20. The molecule has 0 saturated carbocycles.